The van der Waals surface area contributed by atoms with E-state index in [0.29, 0.717) is 5.02 Å². The third kappa shape index (κ3) is 6.48. The van der Waals surface area contributed by atoms with Crippen LogP contribution in [0, 0.1) is 0 Å². The minimum atomic E-state index is -0.833. The van der Waals surface area contributed by atoms with E-state index in [4.69, 9.17) is 26.8 Å². The smallest absolute Gasteiger partial charge is 0.372 e. The number of carboxylic acid groups (broad SMARTS) is 1. The second-order valence-electron chi connectivity index (χ2n) is 2.41. The van der Waals surface area contributed by atoms with Crippen LogP contribution in [0.1, 0.15) is 17.3 Å². The summed E-state index contributed by atoms with van der Waals surface area (Å²) >= 11 is 5.56. The molecule has 0 atom stereocenters. The molecule has 2 N–H and O–H groups in total. The molecule has 0 amide bonds. The molecule has 5 nitrogen and oxygen atoms in total. The van der Waals surface area contributed by atoms with Crippen LogP contribution in [0.5, 0.6) is 0 Å². The number of carboxylic acids is 1. The zero-order valence-electron chi connectivity index (χ0n) is 7.81. The van der Waals surface area contributed by atoms with E-state index < -0.39 is 11.9 Å². The van der Waals surface area contributed by atoms with E-state index in [1.54, 1.807) is 12.1 Å². The fourth-order valence-electron chi connectivity index (χ4n) is 0.668. The highest BCUT2D eigenvalue weighted by molar-refractivity contribution is 6.30. The first-order valence-electron chi connectivity index (χ1n) is 3.78. The molecule has 0 fully saturated rings. The number of rotatable bonds is 1. The highest BCUT2D eigenvalue weighted by atomic mass is 35.5. The van der Waals surface area contributed by atoms with Gasteiger partial charge in [0.25, 0.3) is 5.97 Å². The average molecular weight is 233 g/mol. The molecule has 1 aromatic rings. The number of benzene rings is 1. The molecule has 0 aromatic heterocycles. The van der Waals surface area contributed by atoms with Crippen molar-refractivity contribution in [2.45, 2.75) is 6.92 Å². The summed E-state index contributed by atoms with van der Waals surface area (Å²) in [4.78, 5) is 23.1. The summed E-state index contributed by atoms with van der Waals surface area (Å²) in [6.45, 7) is 1.08. The second-order valence-corrected chi connectivity index (χ2v) is 2.84. The van der Waals surface area contributed by atoms with E-state index in [-0.39, 0.29) is 5.56 Å². The zero-order valence-corrected chi connectivity index (χ0v) is 8.56. The number of carbonyl (C=O) groups excluding carboxylic acids is 1. The lowest BCUT2D eigenvalue weighted by Gasteiger charge is -1.95. The van der Waals surface area contributed by atoms with Crippen LogP contribution in [0.2, 0.25) is 5.02 Å². The van der Waals surface area contributed by atoms with Gasteiger partial charge in [-0.2, -0.15) is 5.26 Å². The number of halogens is 1. The zero-order chi connectivity index (χ0) is 11.8. The quantitative estimate of drug-likeness (QED) is 0.572. The Kier molecular flexibility index (Phi) is 6.08. The predicted molar refractivity (Wildman–Crippen MR) is 52.8 cm³/mol. The van der Waals surface area contributed by atoms with Gasteiger partial charge in [0.1, 0.15) is 0 Å². The number of aliphatic carboxylic acids is 1. The van der Waals surface area contributed by atoms with Crippen molar-refractivity contribution in [1.29, 1.82) is 0 Å². The van der Waals surface area contributed by atoms with E-state index in [1.165, 1.54) is 12.1 Å². The maximum Gasteiger partial charge on any atom is 0.372 e. The van der Waals surface area contributed by atoms with E-state index in [0.717, 1.165) is 6.92 Å². The predicted octanol–water partition coefficient (Wildman–Crippen LogP) is 2.06. The van der Waals surface area contributed by atoms with Crippen LogP contribution < -0.4 is 0 Å². The molecular weight excluding hydrogens is 224 g/mol. The second kappa shape index (κ2) is 6.80. The van der Waals surface area contributed by atoms with Crippen molar-refractivity contribution in [3.05, 3.63) is 34.9 Å². The lowest BCUT2D eigenvalue weighted by Crippen LogP contribution is -2.00. The van der Waals surface area contributed by atoms with Gasteiger partial charge in [0, 0.05) is 11.9 Å². The average Bonchev–Trinajstić information content (AvgIpc) is 2.16. The van der Waals surface area contributed by atoms with Crippen LogP contribution in [0.25, 0.3) is 0 Å². The normalized spacial score (nSPS) is 8.47. The first-order valence-corrected chi connectivity index (χ1v) is 4.16. The van der Waals surface area contributed by atoms with Crippen LogP contribution in [0.3, 0.4) is 0 Å². The molecule has 0 bridgehead atoms. The van der Waals surface area contributed by atoms with Gasteiger partial charge >= 0.3 is 5.97 Å². The Labute approximate surface area is 90.8 Å². The standard InChI is InChI=1S/C7H5ClO3.C2H4O2/c8-6-3-1-2-5(4-6)7(9)11-10;1-2(3)4/h1-4,10H;1H3,(H,3,4). The molecule has 15 heavy (non-hydrogen) atoms. The van der Waals surface area contributed by atoms with Crippen molar-refractivity contribution < 1.29 is 24.8 Å². The summed E-state index contributed by atoms with van der Waals surface area (Å²) in [5.74, 6) is -1.65. The van der Waals surface area contributed by atoms with Crippen molar-refractivity contribution >= 4 is 23.5 Å². The van der Waals surface area contributed by atoms with Crippen molar-refractivity contribution in [3.8, 4) is 0 Å². The summed E-state index contributed by atoms with van der Waals surface area (Å²) in [6, 6.07) is 6.11. The molecule has 0 unspecified atom stereocenters. The fraction of sp³-hybridized carbons (Fsp3) is 0.111. The van der Waals surface area contributed by atoms with Crippen molar-refractivity contribution in [1.82, 2.24) is 0 Å². The highest BCUT2D eigenvalue weighted by Crippen LogP contribution is 2.10. The van der Waals surface area contributed by atoms with Gasteiger partial charge < -0.3 is 5.11 Å². The van der Waals surface area contributed by atoms with E-state index in [2.05, 4.69) is 4.89 Å². The Morgan fingerprint density at radius 2 is 1.93 bits per heavy atom. The SMILES string of the molecule is CC(=O)O.O=C(OO)c1cccc(Cl)c1. The topological polar surface area (TPSA) is 83.8 Å². The fourth-order valence-corrected chi connectivity index (χ4v) is 0.858. The molecule has 0 saturated heterocycles. The number of hydrogen-bond acceptors (Lipinski definition) is 4. The van der Waals surface area contributed by atoms with Gasteiger partial charge in [-0.15, -0.1) is 0 Å². The lowest BCUT2D eigenvalue weighted by atomic mass is 10.2. The summed E-state index contributed by atoms with van der Waals surface area (Å²) in [5, 5.41) is 15.8. The molecule has 0 saturated carbocycles. The van der Waals surface area contributed by atoms with Gasteiger partial charge in [0.2, 0.25) is 0 Å². The minimum absolute atomic E-state index is 0.222. The molecule has 0 aliphatic rings. The number of carbonyl (C=O) groups is 2. The molecule has 0 aliphatic carbocycles. The Hall–Kier alpha value is -1.59. The van der Waals surface area contributed by atoms with Gasteiger partial charge in [0.05, 0.1) is 5.56 Å². The monoisotopic (exact) mass is 232 g/mol. The van der Waals surface area contributed by atoms with Crippen LogP contribution in [-0.2, 0) is 9.68 Å². The molecular formula is C9H9ClO5. The Bertz CT molecular complexity index is 346. The maximum absolute atomic E-state index is 10.6. The van der Waals surface area contributed by atoms with Crippen molar-refractivity contribution in [2.75, 3.05) is 0 Å². The Morgan fingerprint density at radius 3 is 2.33 bits per heavy atom. The van der Waals surface area contributed by atoms with Crippen LogP contribution in [0.15, 0.2) is 24.3 Å². The molecule has 0 radical (unpaired) electrons. The summed E-state index contributed by atoms with van der Waals surface area (Å²) < 4.78 is 0. The first kappa shape index (κ1) is 13.4. The lowest BCUT2D eigenvalue weighted by molar-refractivity contribution is -0.182. The first-order chi connectivity index (χ1) is 6.97. The van der Waals surface area contributed by atoms with Crippen molar-refractivity contribution in [2.24, 2.45) is 0 Å². The van der Waals surface area contributed by atoms with Crippen LogP contribution >= 0.6 is 11.6 Å². The maximum atomic E-state index is 10.6. The third-order valence-electron chi connectivity index (χ3n) is 1.14. The Morgan fingerprint density at radius 1 is 1.40 bits per heavy atom. The largest absolute Gasteiger partial charge is 0.481 e. The molecule has 1 rings (SSSR count). The molecule has 82 valence electrons. The minimum Gasteiger partial charge on any atom is -0.481 e. The van der Waals surface area contributed by atoms with Gasteiger partial charge in [-0.1, -0.05) is 17.7 Å². The van der Waals surface area contributed by atoms with Gasteiger partial charge in [0.15, 0.2) is 0 Å². The molecule has 0 heterocycles. The van der Waals surface area contributed by atoms with Crippen LogP contribution in [0.4, 0.5) is 0 Å². The van der Waals surface area contributed by atoms with E-state index in [9.17, 15) is 4.79 Å². The molecule has 0 aliphatic heterocycles. The van der Waals surface area contributed by atoms with Gasteiger partial charge in [-0.05, 0) is 18.2 Å². The molecule has 6 heteroatoms. The van der Waals surface area contributed by atoms with Gasteiger partial charge in [-0.25, -0.2) is 4.79 Å². The summed E-state index contributed by atoms with van der Waals surface area (Å²) in [6.07, 6.45) is 0. The summed E-state index contributed by atoms with van der Waals surface area (Å²) in [5.41, 5.74) is 0.222. The van der Waals surface area contributed by atoms with Gasteiger partial charge in [-0.3, -0.25) is 9.68 Å². The summed E-state index contributed by atoms with van der Waals surface area (Å²) in [7, 11) is 0. The van der Waals surface area contributed by atoms with Crippen LogP contribution in [-0.4, -0.2) is 22.3 Å². The van der Waals surface area contributed by atoms with E-state index in [1.807, 2.05) is 0 Å². The molecule has 1 aromatic carbocycles. The highest BCUT2D eigenvalue weighted by Gasteiger charge is 2.05. The molecule has 0 spiro atoms. The number of hydrogen-bond donors (Lipinski definition) is 2. The third-order valence-corrected chi connectivity index (χ3v) is 1.38. The van der Waals surface area contributed by atoms with E-state index >= 15 is 0 Å². The Balaban J connectivity index is 0.000000423. The van der Waals surface area contributed by atoms with Crippen molar-refractivity contribution in [3.63, 3.8) is 0 Å².